The van der Waals surface area contributed by atoms with E-state index in [0.717, 1.165) is 25.1 Å². The smallest absolute Gasteiger partial charge is 0.259 e. The van der Waals surface area contributed by atoms with Crippen molar-refractivity contribution < 1.29 is 9.32 Å². The Morgan fingerprint density at radius 3 is 2.48 bits per heavy atom. The fraction of sp³-hybridized carbons (Fsp3) is 0.238. The van der Waals surface area contributed by atoms with Crippen LogP contribution < -0.4 is 0 Å². The number of hydrogen-bond donors (Lipinski definition) is 0. The zero-order valence-electron chi connectivity index (χ0n) is 14.2. The average molecular weight is 332 g/mol. The number of benzene rings is 2. The molecule has 0 bridgehead atoms. The molecule has 2 aromatic carbocycles. The zero-order valence-corrected chi connectivity index (χ0v) is 14.2. The van der Waals surface area contributed by atoms with Crippen LogP contribution in [0.5, 0.6) is 0 Å². The molecule has 1 atom stereocenters. The molecule has 2 heterocycles. The van der Waals surface area contributed by atoms with E-state index in [0.29, 0.717) is 22.9 Å². The number of aryl methyl sites for hydroxylation is 1. The Morgan fingerprint density at radius 2 is 1.76 bits per heavy atom. The summed E-state index contributed by atoms with van der Waals surface area (Å²) in [6, 6.07) is 20.1. The fourth-order valence-corrected chi connectivity index (χ4v) is 3.51. The zero-order chi connectivity index (χ0) is 17.2. The van der Waals surface area contributed by atoms with E-state index in [4.69, 9.17) is 4.52 Å². The molecule has 1 aliphatic heterocycles. The molecule has 1 unspecified atom stereocenters. The highest BCUT2D eigenvalue weighted by molar-refractivity contribution is 6.00. The Bertz CT molecular complexity index is 871. The monoisotopic (exact) mass is 332 g/mol. The standard InChI is InChI=1S/C21H20N2O2/c1-15-19(20(25-22-15)17-10-6-3-7-11-17)21(24)23-13-12-18(14-23)16-8-4-2-5-9-16/h2-11,18H,12-14H2,1H3. The second-order valence-electron chi connectivity index (χ2n) is 6.49. The predicted octanol–water partition coefficient (Wildman–Crippen LogP) is 4.28. The summed E-state index contributed by atoms with van der Waals surface area (Å²) in [5, 5.41) is 4.04. The summed E-state index contributed by atoms with van der Waals surface area (Å²) in [5.74, 6) is 0.966. The Morgan fingerprint density at radius 1 is 1.08 bits per heavy atom. The maximum absolute atomic E-state index is 13.1. The number of carbonyl (C=O) groups excluding carboxylic acids is 1. The minimum Gasteiger partial charge on any atom is -0.355 e. The molecule has 126 valence electrons. The van der Waals surface area contributed by atoms with Gasteiger partial charge in [-0.1, -0.05) is 65.8 Å². The molecule has 0 spiro atoms. The molecular weight excluding hydrogens is 312 g/mol. The Hall–Kier alpha value is -2.88. The number of carbonyl (C=O) groups is 1. The summed E-state index contributed by atoms with van der Waals surface area (Å²) in [5.41, 5.74) is 3.40. The topological polar surface area (TPSA) is 46.3 Å². The minimum absolute atomic E-state index is 0.0102. The van der Waals surface area contributed by atoms with E-state index in [9.17, 15) is 4.79 Å². The van der Waals surface area contributed by atoms with Crippen molar-refractivity contribution in [1.82, 2.24) is 10.1 Å². The number of nitrogens with zero attached hydrogens (tertiary/aromatic N) is 2. The Kier molecular flexibility index (Phi) is 4.10. The number of aromatic nitrogens is 1. The van der Waals surface area contributed by atoms with E-state index in [1.807, 2.05) is 48.2 Å². The van der Waals surface area contributed by atoms with Gasteiger partial charge in [0.2, 0.25) is 0 Å². The van der Waals surface area contributed by atoms with Crippen molar-refractivity contribution in [1.29, 1.82) is 0 Å². The van der Waals surface area contributed by atoms with Crippen LogP contribution in [0, 0.1) is 6.92 Å². The first kappa shape index (κ1) is 15.6. The lowest BCUT2D eigenvalue weighted by atomic mass is 9.99. The quantitative estimate of drug-likeness (QED) is 0.719. The van der Waals surface area contributed by atoms with Crippen LogP contribution in [0.1, 0.15) is 34.0 Å². The van der Waals surface area contributed by atoms with Gasteiger partial charge in [0.25, 0.3) is 5.91 Å². The van der Waals surface area contributed by atoms with Crippen LogP contribution in [0.3, 0.4) is 0 Å². The molecule has 1 fully saturated rings. The third-order valence-corrected chi connectivity index (χ3v) is 4.86. The van der Waals surface area contributed by atoms with Crippen molar-refractivity contribution in [3.05, 3.63) is 77.5 Å². The van der Waals surface area contributed by atoms with E-state index in [2.05, 4.69) is 29.4 Å². The van der Waals surface area contributed by atoms with Crippen LogP contribution in [-0.2, 0) is 0 Å². The number of amides is 1. The first-order valence-electron chi connectivity index (χ1n) is 8.60. The van der Waals surface area contributed by atoms with Gasteiger partial charge in [-0.25, -0.2) is 0 Å². The molecule has 0 N–H and O–H groups in total. The van der Waals surface area contributed by atoms with Crippen LogP contribution >= 0.6 is 0 Å². The molecule has 3 aromatic rings. The van der Waals surface area contributed by atoms with Gasteiger partial charge in [-0.3, -0.25) is 4.79 Å². The second kappa shape index (κ2) is 6.55. The van der Waals surface area contributed by atoms with Crippen molar-refractivity contribution in [2.75, 3.05) is 13.1 Å². The molecule has 4 heteroatoms. The maximum atomic E-state index is 13.1. The summed E-state index contributed by atoms with van der Waals surface area (Å²) in [6.45, 7) is 3.33. The van der Waals surface area contributed by atoms with Gasteiger partial charge < -0.3 is 9.42 Å². The van der Waals surface area contributed by atoms with Crippen molar-refractivity contribution in [2.24, 2.45) is 0 Å². The van der Waals surface area contributed by atoms with Gasteiger partial charge in [0.1, 0.15) is 5.56 Å². The SMILES string of the molecule is Cc1noc(-c2ccccc2)c1C(=O)N1CCC(c2ccccc2)C1. The largest absolute Gasteiger partial charge is 0.355 e. The van der Waals surface area contributed by atoms with Crippen LogP contribution in [0.25, 0.3) is 11.3 Å². The van der Waals surface area contributed by atoms with E-state index in [1.165, 1.54) is 5.56 Å². The first-order valence-corrected chi connectivity index (χ1v) is 8.60. The van der Waals surface area contributed by atoms with Crippen LogP contribution in [0.4, 0.5) is 0 Å². The van der Waals surface area contributed by atoms with Crippen molar-refractivity contribution in [3.8, 4) is 11.3 Å². The van der Waals surface area contributed by atoms with Gasteiger partial charge in [-0.05, 0) is 18.9 Å². The van der Waals surface area contributed by atoms with E-state index in [-0.39, 0.29) is 5.91 Å². The van der Waals surface area contributed by atoms with Gasteiger partial charge in [0.05, 0.1) is 5.69 Å². The van der Waals surface area contributed by atoms with Crippen LogP contribution in [0.2, 0.25) is 0 Å². The minimum atomic E-state index is 0.0102. The van der Waals surface area contributed by atoms with Crippen molar-refractivity contribution >= 4 is 5.91 Å². The number of likely N-dealkylation sites (tertiary alicyclic amines) is 1. The van der Waals surface area contributed by atoms with Crippen molar-refractivity contribution in [3.63, 3.8) is 0 Å². The average Bonchev–Trinajstić information content (AvgIpc) is 3.30. The van der Waals surface area contributed by atoms with Gasteiger partial charge in [-0.2, -0.15) is 0 Å². The normalized spacial score (nSPS) is 17.0. The molecule has 1 amide bonds. The summed E-state index contributed by atoms with van der Waals surface area (Å²) < 4.78 is 5.48. The highest BCUT2D eigenvalue weighted by atomic mass is 16.5. The first-order chi connectivity index (χ1) is 12.2. The molecule has 25 heavy (non-hydrogen) atoms. The maximum Gasteiger partial charge on any atom is 0.259 e. The summed E-state index contributed by atoms with van der Waals surface area (Å²) in [6.07, 6.45) is 0.987. The van der Waals surface area contributed by atoms with Gasteiger partial charge in [0.15, 0.2) is 5.76 Å². The highest BCUT2D eigenvalue weighted by Crippen LogP contribution is 2.31. The molecule has 1 saturated heterocycles. The van der Waals surface area contributed by atoms with E-state index in [1.54, 1.807) is 0 Å². The summed E-state index contributed by atoms with van der Waals surface area (Å²) in [4.78, 5) is 15.0. The summed E-state index contributed by atoms with van der Waals surface area (Å²) >= 11 is 0. The van der Waals surface area contributed by atoms with Gasteiger partial charge in [-0.15, -0.1) is 0 Å². The molecule has 0 radical (unpaired) electrons. The molecule has 1 aliphatic rings. The lowest BCUT2D eigenvalue weighted by molar-refractivity contribution is 0.0790. The lowest BCUT2D eigenvalue weighted by Gasteiger charge is -2.17. The lowest BCUT2D eigenvalue weighted by Crippen LogP contribution is -2.29. The third kappa shape index (κ3) is 2.95. The summed E-state index contributed by atoms with van der Waals surface area (Å²) in [7, 11) is 0. The van der Waals surface area contributed by atoms with E-state index >= 15 is 0 Å². The number of rotatable bonds is 3. The van der Waals surface area contributed by atoms with Gasteiger partial charge >= 0.3 is 0 Å². The fourth-order valence-electron chi connectivity index (χ4n) is 3.51. The van der Waals surface area contributed by atoms with Gasteiger partial charge in [0, 0.05) is 24.6 Å². The Labute approximate surface area is 147 Å². The van der Waals surface area contributed by atoms with Crippen LogP contribution in [-0.4, -0.2) is 29.1 Å². The third-order valence-electron chi connectivity index (χ3n) is 4.86. The number of hydrogen-bond acceptors (Lipinski definition) is 3. The van der Waals surface area contributed by atoms with Crippen molar-refractivity contribution in [2.45, 2.75) is 19.3 Å². The molecular formula is C21H20N2O2. The Balaban J connectivity index is 1.59. The predicted molar refractivity (Wildman–Crippen MR) is 96.4 cm³/mol. The molecule has 1 aromatic heterocycles. The molecule has 0 saturated carbocycles. The second-order valence-corrected chi connectivity index (χ2v) is 6.49. The van der Waals surface area contributed by atoms with Crippen LogP contribution in [0.15, 0.2) is 65.2 Å². The molecule has 4 nitrogen and oxygen atoms in total. The highest BCUT2D eigenvalue weighted by Gasteiger charge is 2.32. The van der Waals surface area contributed by atoms with E-state index < -0.39 is 0 Å². The molecule has 0 aliphatic carbocycles. The molecule has 4 rings (SSSR count).